The molecule has 1 amide bonds. The van der Waals surface area contributed by atoms with Gasteiger partial charge in [0.25, 0.3) is 5.91 Å². The summed E-state index contributed by atoms with van der Waals surface area (Å²) in [5.41, 5.74) is 1.37. The van der Waals surface area contributed by atoms with Gasteiger partial charge in [-0.1, -0.05) is 36.7 Å². The van der Waals surface area contributed by atoms with Crippen molar-refractivity contribution in [3.05, 3.63) is 70.3 Å². The third kappa shape index (κ3) is 7.03. The van der Waals surface area contributed by atoms with Crippen molar-refractivity contribution in [2.45, 2.75) is 76.8 Å². The molecule has 3 aliphatic rings. The zero-order valence-corrected chi connectivity index (χ0v) is 27.6. The van der Waals surface area contributed by atoms with E-state index >= 15 is 0 Å². The molecule has 2 aromatic rings. The van der Waals surface area contributed by atoms with Crippen molar-refractivity contribution in [1.82, 2.24) is 4.72 Å². The highest BCUT2D eigenvalue weighted by atomic mass is 35.5. The smallest absolute Gasteiger partial charge is 0.309 e. The van der Waals surface area contributed by atoms with Crippen LogP contribution in [0.3, 0.4) is 0 Å². The highest BCUT2D eigenvalue weighted by molar-refractivity contribution is 7.90. The molecule has 0 unspecified atom stereocenters. The fourth-order valence-corrected chi connectivity index (χ4v) is 8.28. The first kappa shape index (κ1) is 33.3. The second-order valence-corrected chi connectivity index (χ2v) is 15.4. The van der Waals surface area contributed by atoms with Gasteiger partial charge in [-0.3, -0.25) is 9.59 Å². The van der Waals surface area contributed by atoms with E-state index in [1.54, 1.807) is 44.2 Å². The van der Waals surface area contributed by atoms with Gasteiger partial charge in [-0.25, -0.2) is 13.1 Å². The van der Waals surface area contributed by atoms with Crippen LogP contribution in [-0.2, 0) is 27.8 Å². The van der Waals surface area contributed by atoms with Crippen LogP contribution in [0, 0.1) is 23.7 Å². The number of aliphatic hydroxyl groups is 1. The van der Waals surface area contributed by atoms with Crippen molar-refractivity contribution in [2.24, 2.45) is 23.7 Å². The van der Waals surface area contributed by atoms with Gasteiger partial charge in [0.15, 0.2) is 0 Å². The van der Waals surface area contributed by atoms with Crippen LogP contribution in [0.5, 0.6) is 5.75 Å². The molecule has 2 bridgehead atoms. The summed E-state index contributed by atoms with van der Waals surface area (Å²) in [4.78, 5) is 27.7. The summed E-state index contributed by atoms with van der Waals surface area (Å²) < 4.78 is 35.2. The monoisotopic (exact) mass is 658 g/mol. The Bertz CT molecular complexity index is 1580. The van der Waals surface area contributed by atoms with Crippen LogP contribution in [0.25, 0.3) is 0 Å². The van der Waals surface area contributed by atoms with Gasteiger partial charge in [0.2, 0.25) is 10.0 Å². The molecule has 0 radical (unpaired) electrons. The maximum Gasteiger partial charge on any atom is 0.309 e. The molecular formula is C34H43ClN2O7S. The molecule has 2 heterocycles. The Morgan fingerprint density at radius 1 is 1.13 bits per heavy atom. The zero-order chi connectivity index (χ0) is 32.5. The van der Waals surface area contributed by atoms with Gasteiger partial charge in [0, 0.05) is 23.7 Å². The van der Waals surface area contributed by atoms with Crippen molar-refractivity contribution in [3.63, 3.8) is 0 Å². The molecule has 1 aliphatic carbocycles. The first-order valence-corrected chi connectivity index (χ1v) is 17.7. The standard InChI is InChI=1S/C34H43ClN2O7S/c1-21-7-6-15-34(41,22(2)33(39)40)29-13-10-26(29)19-37-16-5-4-8-24-17-28(35)12-9-27(24)20-44-31-14-11-25(18-30(31)37)32(38)36-45(42,43)23(21)3/h6,9,11-12,14-15,17-18,21-23,26,29,41H,4-5,7-8,10,13,16,19-20H2,1-3H3,(H,36,38)(H,39,40)/b15-6+/t21-,22+,23+,26-,29+,34-/m0/s1. The van der Waals surface area contributed by atoms with Gasteiger partial charge in [-0.2, -0.15) is 0 Å². The maximum absolute atomic E-state index is 13.4. The Balaban J connectivity index is 1.59. The Morgan fingerprint density at radius 2 is 1.91 bits per heavy atom. The predicted molar refractivity (Wildman–Crippen MR) is 174 cm³/mol. The van der Waals surface area contributed by atoms with Gasteiger partial charge < -0.3 is 19.8 Å². The number of carboxylic acids is 1. The maximum atomic E-state index is 13.4. The number of nitrogens with zero attached hydrogens (tertiary/aromatic N) is 1. The van der Waals surface area contributed by atoms with Crippen molar-refractivity contribution >= 4 is 39.2 Å². The lowest BCUT2D eigenvalue weighted by Crippen LogP contribution is -2.54. The summed E-state index contributed by atoms with van der Waals surface area (Å²) in [5.74, 6) is -3.05. The normalized spacial score (nSPS) is 30.2. The number of carboxylic acid groups (broad SMARTS) is 1. The number of rotatable bonds is 2. The predicted octanol–water partition coefficient (Wildman–Crippen LogP) is 5.58. The van der Waals surface area contributed by atoms with E-state index in [0.717, 1.165) is 36.8 Å². The Hall–Kier alpha value is -3.08. The van der Waals surface area contributed by atoms with Gasteiger partial charge >= 0.3 is 5.97 Å². The number of carbonyl (C=O) groups is 2. The summed E-state index contributed by atoms with van der Waals surface area (Å²) in [6.07, 6.45) is 7.56. The van der Waals surface area contributed by atoms with Crippen LogP contribution in [0.15, 0.2) is 48.6 Å². The number of nitrogens with one attached hydrogen (secondary N) is 1. The lowest BCUT2D eigenvalue weighted by molar-refractivity contribution is -0.156. The number of anilines is 1. The number of allylic oxidation sites excluding steroid dienone is 1. The number of ether oxygens (including phenoxy) is 1. The van der Waals surface area contributed by atoms with Crippen molar-refractivity contribution in [1.29, 1.82) is 0 Å². The topological polar surface area (TPSA) is 133 Å². The first-order chi connectivity index (χ1) is 21.3. The summed E-state index contributed by atoms with van der Waals surface area (Å²) in [6, 6.07) is 10.7. The summed E-state index contributed by atoms with van der Waals surface area (Å²) in [7, 11) is -4.05. The molecular weight excluding hydrogens is 616 g/mol. The molecule has 0 aromatic heterocycles. The lowest BCUT2D eigenvalue weighted by Gasteiger charge is -2.49. The quantitative estimate of drug-likeness (QED) is 0.356. The second kappa shape index (κ2) is 13.3. The SMILES string of the molecule is C[C@H](C(=O)O)[C@@]1(O)/C=C/C[C@H](C)[C@@H](C)S(=O)(=O)NC(=O)c2ccc3c(c2)N(CCCCc2cc(Cl)ccc2CO3)C[C@@H]2CC[C@H]21. The number of halogens is 1. The Kier molecular flexibility index (Phi) is 9.87. The third-order valence-electron chi connectivity index (χ3n) is 10.2. The summed E-state index contributed by atoms with van der Waals surface area (Å²) in [6.45, 7) is 6.25. The molecule has 2 aliphatic heterocycles. The van der Waals surface area contributed by atoms with E-state index < -0.39 is 44.6 Å². The molecule has 45 heavy (non-hydrogen) atoms. The first-order valence-electron chi connectivity index (χ1n) is 15.8. The molecule has 0 saturated heterocycles. The Labute approximate surface area is 270 Å². The van der Waals surface area contributed by atoms with Gasteiger partial charge in [0.1, 0.15) is 12.4 Å². The van der Waals surface area contributed by atoms with Crippen LogP contribution in [0.4, 0.5) is 5.69 Å². The largest absolute Gasteiger partial charge is 0.487 e. The van der Waals surface area contributed by atoms with Gasteiger partial charge in [0.05, 0.1) is 22.5 Å². The van der Waals surface area contributed by atoms with Crippen molar-refractivity contribution < 1.29 is 33.0 Å². The fourth-order valence-electron chi connectivity index (χ4n) is 6.80. The molecule has 1 fully saturated rings. The lowest BCUT2D eigenvalue weighted by atomic mass is 9.60. The molecule has 0 spiro atoms. The highest BCUT2D eigenvalue weighted by Gasteiger charge is 2.50. The minimum atomic E-state index is -4.05. The van der Waals surface area contributed by atoms with Crippen LogP contribution >= 0.6 is 11.6 Å². The minimum absolute atomic E-state index is 0.0162. The average molecular weight is 659 g/mol. The van der Waals surface area contributed by atoms with E-state index in [2.05, 4.69) is 9.62 Å². The number of carbonyl (C=O) groups excluding carboxylic acids is 1. The van der Waals surface area contributed by atoms with Crippen LogP contribution in [0.2, 0.25) is 5.02 Å². The summed E-state index contributed by atoms with van der Waals surface area (Å²) in [5, 5.41) is 21.7. The third-order valence-corrected chi connectivity index (χ3v) is 12.3. The molecule has 3 N–H and O–H groups in total. The molecule has 2 aromatic carbocycles. The summed E-state index contributed by atoms with van der Waals surface area (Å²) >= 11 is 6.31. The van der Waals surface area contributed by atoms with E-state index in [-0.39, 0.29) is 30.4 Å². The average Bonchev–Trinajstić information content (AvgIpc) is 3.00. The van der Waals surface area contributed by atoms with Crippen molar-refractivity contribution in [3.8, 4) is 5.75 Å². The minimum Gasteiger partial charge on any atom is -0.487 e. The van der Waals surface area contributed by atoms with E-state index in [9.17, 15) is 28.2 Å². The van der Waals surface area contributed by atoms with Gasteiger partial charge in [-0.05, 0) is 112 Å². The molecule has 244 valence electrons. The van der Waals surface area contributed by atoms with Crippen LogP contribution in [-0.4, -0.2) is 54.4 Å². The van der Waals surface area contributed by atoms with Crippen molar-refractivity contribution in [2.75, 3.05) is 18.0 Å². The second-order valence-electron chi connectivity index (χ2n) is 13.0. The van der Waals surface area contributed by atoms with E-state index in [4.69, 9.17) is 16.3 Å². The molecule has 1 saturated carbocycles. The molecule has 6 atom stereocenters. The number of fused-ring (bicyclic) bond motifs is 3. The number of amides is 1. The van der Waals surface area contributed by atoms with Crippen LogP contribution < -0.4 is 14.4 Å². The number of aryl methyl sites for hydroxylation is 1. The molecule has 9 nitrogen and oxygen atoms in total. The van der Waals surface area contributed by atoms with E-state index in [1.807, 2.05) is 18.2 Å². The molecule has 5 rings (SSSR count). The van der Waals surface area contributed by atoms with Crippen LogP contribution in [0.1, 0.15) is 74.4 Å². The van der Waals surface area contributed by atoms with Gasteiger partial charge in [-0.15, -0.1) is 0 Å². The zero-order valence-electron chi connectivity index (χ0n) is 26.0. The highest BCUT2D eigenvalue weighted by Crippen LogP contribution is 2.47. The van der Waals surface area contributed by atoms with E-state index in [1.165, 1.54) is 6.92 Å². The fraction of sp³-hybridized carbons (Fsp3) is 0.529. The number of aliphatic carboxylic acids is 1. The molecule has 11 heteroatoms. The number of benzene rings is 2. The Morgan fingerprint density at radius 3 is 2.62 bits per heavy atom. The number of sulfonamides is 1. The number of hydrogen-bond donors (Lipinski definition) is 3. The number of hydrogen-bond acceptors (Lipinski definition) is 7. The van der Waals surface area contributed by atoms with E-state index in [0.29, 0.717) is 36.0 Å².